The molecule has 0 unspecified atom stereocenters. The first-order chi connectivity index (χ1) is 10.2. The monoisotopic (exact) mass is 298 g/mol. The van der Waals surface area contributed by atoms with Crippen LogP contribution in [-0.2, 0) is 0 Å². The predicted octanol–water partition coefficient (Wildman–Crippen LogP) is 4.35. The Morgan fingerprint density at radius 2 is 1.05 bits per heavy atom. The zero-order chi connectivity index (χ0) is 15.8. The van der Waals surface area contributed by atoms with Crippen LogP contribution < -0.4 is 18.9 Å². The molecule has 0 heterocycles. The molecule has 0 saturated carbocycles. The first-order valence-corrected chi connectivity index (χ1v) is 9.95. The molecule has 0 N–H and O–H groups in total. The normalized spacial score (nSPS) is 10.7. The Morgan fingerprint density at radius 3 is 1.45 bits per heavy atom. The summed E-state index contributed by atoms with van der Waals surface area (Å²) >= 11 is 0. The Morgan fingerprint density at radius 1 is 0.591 bits per heavy atom. The molecule has 0 aliphatic rings. The van der Waals surface area contributed by atoms with Crippen LogP contribution in [-0.4, -0.2) is 6.15 Å². The molecule has 0 saturated heterocycles. The minimum absolute atomic E-state index is 0. The van der Waals surface area contributed by atoms with Gasteiger partial charge in [-0.1, -0.05) is 85.5 Å². The molecule has 0 rings (SSSR count). The molecule has 0 amide bonds. The molecular formula is C20H40BLi. The van der Waals surface area contributed by atoms with Crippen molar-refractivity contribution in [1.82, 2.24) is 0 Å². The van der Waals surface area contributed by atoms with E-state index in [4.69, 9.17) is 0 Å². The van der Waals surface area contributed by atoms with Gasteiger partial charge in [-0.25, -0.2) is 0 Å². The van der Waals surface area contributed by atoms with Crippen LogP contribution in [0.15, 0.2) is 0 Å². The van der Waals surface area contributed by atoms with Crippen LogP contribution >= 0.6 is 0 Å². The number of hydrogen-bond acceptors (Lipinski definition) is 0. The van der Waals surface area contributed by atoms with Crippen molar-refractivity contribution in [3.63, 3.8) is 0 Å². The van der Waals surface area contributed by atoms with Crippen molar-refractivity contribution in [1.29, 1.82) is 0 Å². The van der Waals surface area contributed by atoms with Gasteiger partial charge in [0.25, 0.3) is 0 Å². The molecule has 0 aromatic carbocycles. The fourth-order valence-corrected chi connectivity index (χ4v) is 3.36. The van der Waals surface area contributed by atoms with Crippen LogP contribution in [0.1, 0.15) is 98.3 Å². The summed E-state index contributed by atoms with van der Waals surface area (Å²) in [5.41, 5.74) is 0. The molecule has 124 valence electrons. The Labute approximate surface area is 154 Å². The molecule has 0 aromatic rings. The van der Waals surface area contributed by atoms with Crippen LogP contribution in [0.2, 0.25) is 19.0 Å². The maximum atomic E-state index is 3.83. The molecule has 0 fully saturated rings. The third-order valence-electron chi connectivity index (χ3n) is 4.89. The van der Waals surface area contributed by atoms with E-state index in [1.165, 1.54) is 83.2 Å². The molecule has 0 aromatic heterocycles. The van der Waals surface area contributed by atoms with Crippen molar-refractivity contribution in [3.05, 3.63) is 0 Å². The van der Waals surface area contributed by atoms with Crippen molar-refractivity contribution < 1.29 is 18.9 Å². The smallest absolute Gasteiger partial charge is 0.315 e. The number of hydrogen-bond donors (Lipinski definition) is 0. The molecular weight excluding hydrogens is 258 g/mol. The SMILES string of the molecule is CCCCCCC#C[B-](CCCC)(CCCC)CCCC.[Li+]. The average Bonchev–Trinajstić information content (AvgIpc) is 2.51. The van der Waals surface area contributed by atoms with E-state index in [2.05, 4.69) is 39.4 Å². The van der Waals surface area contributed by atoms with E-state index < -0.39 is 6.15 Å². The third-order valence-corrected chi connectivity index (χ3v) is 4.89. The molecule has 0 aliphatic carbocycles. The molecule has 22 heavy (non-hydrogen) atoms. The standard InChI is InChI=1S/C20H40B.Li/c1-5-9-13-14-15-16-20-21(17-10-6-2,18-11-7-3)19-12-8-4;/h5-15,17-19H2,1-4H3;/q-1;+1. The molecule has 2 heteroatoms. The van der Waals surface area contributed by atoms with Crippen LogP contribution in [0, 0.1) is 11.7 Å². The van der Waals surface area contributed by atoms with Crippen LogP contribution in [0.3, 0.4) is 0 Å². The summed E-state index contributed by atoms with van der Waals surface area (Å²) in [6.45, 7) is 9.23. The summed E-state index contributed by atoms with van der Waals surface area (Å²) in [5.74, 6) is 7.42. The van der Waals surface area contributed by atoms with Gasteiger partial charge in [-0.15, -0.1) is 0 Å². The van der Waals surface area contributed by atoms with Crippen molar-refractivity contribution in [2.45, 2.75) is 117 Å². The summed E-state index contributed by atoms with van der Waals surface area (Å²) < 4.78 is 0. The van der Waals surface area contributed by atoms with Gasteiger partial charge in [0.1, 0.15) is 0 Å². The second-order valence-corrected chi connectivity index (χ2v) is 7.04. The van der Waals surface area contributed by atoms with Crippen LogP contribution in [0.25, 0.3) is 0 Å². The van der Waals surface area contributed by atoms with Crippen LogP contribution in [0.5, 0.6) is 0 Å². The predicted molar refractivity (Wildman–Crippen MR) is 101 cm³/mol. The summed E-state index contributed by atoms with van der Waals surface area (Å²) in [6.07, 6.45) is 18.4. The van der Waals surface area contributed by atoms with E-state index in [1.807, 2.05) is 0 Å². The number of unbranched alkanes of at least 4 members (excludes halogenated alkanes) is 7. The van der Waals surface area contributed by atoms with E-state index in [0.717, 1.165) is 6.42 Å². The minimum Gasteiger partial charge on any atom is -0.315 e. The summed E-state index contributed by atoms with van der Waals surface area (Å²) in [6, 6.07) is 0. The van der Waals surface area contributed by atoms with Crippen molar-refractivity contribution in [2.24, 2.45) is 0 Å². The molecule has 0 atom stereocenters. The molecule has 0 aliphatic heterocycles. The second-order valence-electron chi connectivity index (χ2n) is 7.04. The van der Waals surface area contributed by atoms with Crippen LogP contribution in [0.4, 0.5) is 0 Å². The largest absolute Gasteiger partial charge is 1.00 e. The Bertz CT molecular complexity index is 255. The van der Waals surface area contributed by atoms with Crippen molar-refractivity contribution in [2.75, 3.05) is 0 Å². The van der Waals surface area contributed by atoms with Gasteiger partial charge in [0, 0.05) is 6.42 Å². The fourth-order valence-electron chi connectivity index (χ4n) is 3.36. The maximum Gasteiger partial charge on any atom is 1.00 e. The average molecular weight is 298 g/mol. The van der Waals surface area contributed by atoms with Crippen molar-refractivity contribution >= 4 is 6.15 Å². The van der Waals surface area contributed by atoms with Gasteiger partial charge in [-0.3, -0.25) is 0 Å². The van der Waals surface area contributed by atoms with Gasteiger partial charge >= 0.3 is 18.9 Å². The van der Waals surface area contributed by atoms with Gasteiger partial charge in [0.2, 0.25) is 0 Å². The molecule has 0 bridgehead atoms. The van der Waals surface area contributed by atoms with E-state index in [-0.39, 0.29) is 18.9 Å². The first-order valence-electron chi connectivity index (χ1n) is 9.95. The zero-order valence-electron chi connectivity index (χ0n) is 16.5. The van der Waals surface area contributed by atoms with E-state index in [9.17, 15) is 0 Å². The summed E-state index contributed by atoms with van der Waals surface area (Å²) in [7, 11) is 0. The summed E-state index contributed by atoms with van der Waals surface area (Å²) in [4.78, 5) is 0. The topological polar surface area (TPSA) is 0 Å². The van der Waals surface area contributed by atoms with Gasteiger partial charge in [0.15, 0.2) is 0 Å². The van der Waals surface area contributed by atoms with Crippen molar-refractivity contribution in [3.8, 4) is 11.7 Å². The molecule has 0 nitrogen and oxygen atoms in total. The van der Waals surface area contributed by atoms with E-state index in [0.29, 0.717) is 0 Å². The van der Waals surface area contributed by atoms with Gasteiger partial charge in [-0.05, 0) is 6.42 Å². The van der Waals surface area contributed by atoms with Gasteiger partial charge in [0.05, 0.1) is 6.15 Å². The molecule has 0 spiro atoms. The zero-order valence-corrected chi connectivity index (χ0v) is 16.5. The quantitative estimate of drug-likeness (QED) is 0.269. The Balaban J connectivity index is 0. The van der Waals surface area contributed by atoms with Gasteiger partial charge in [-0.2, -0.15) is 24.9 Å². The fraction of sp³-hybridized carbons (Fsp3) is 0.900. The number of rotatable bonds is 13. The first kappa shape index (κ1) is 24.5. The molecule has 0 radical (unpaired) electrons. The Hall–Kier alpha value is 0.222. The second kappa shape index (κ2) is 17.6. The maximum absolute atomic E-state index is 3.83. The Kier molecular flexibility index (Phi) is 19.6. The van der Waals surface area contributed by atoms with E-state index >= 15 is 0 Å². The van der Waals surface area contributed by atoms with Gasteiger partial charge < -0.3 is 5.82 Å². The van der Waals surface area contributed by atoms with E-state index in [1.54, 1.807) is 0 Å². The minimum atomic E-state index is -0.393. The summed E-state index contributed by atoms with van der Waals surface area (Å²) in [5, 5.41) is 0. The third kappa shape index (κ3) is 12.7.